The summed E-state index contributed by atoms with van der Waals surface area (Å²) in [6.45, 7) is 1.28. The SMILES string of the molecule is CCOC(=O)C(F)(F)c1cc(OC)c(OC)cc1Cl. The van der Waals surface area contributed by atoms with Gasteiger partial charge in [-0.3, -0.25) is 0 Å². The number of alkyl halides is 2. The van der Waals surface area contributed by atoms with Crippen molar-refractivity contribution in [2.75, 3.05) is 20.8 Å². The van der Waals surface area contributed by atoms with Crippen molar-refractivity contribution in [2.24, 2.45) is 0 Å². The summed E-state index contributed by atoms with van der Waals surface area (Å²) in [7, 11) is 2.63. The van der Waals surface area contributed by atoms with Crippen LogP contribution in [0.25, 0.3) is 0 Å². The van der Waals surface area contributed by atoms with Crippen LogP contribution < -0.4 is 9.47 Å². The Morgan fingerprint density at radius 3 is 2.26 bits per heavy atom. The van der Waals surface area contributed by atoms with Crippen molar-refractivity contribution in [3.8, 4) is 11.5 Å². The highest BCUT2D eigenvalue weighted by molar-refractivity contribution is 6.32. The second kappa shape index (κ2) is 6.06. The molecule has 0 fully saturated rings. The molecule has 106 valence electrons. The van der Waals surface area contributed by atoms with Gasteiger partial charge in [-0.2, -0.15) is 8.78 Å². The molecule has 0 N–H and O–H groups in total. The summed E-state index contributed by atoms with van der Waals surface area (Å²) in [5, 5.41) is -0.310. The Kier molecular flexibility index (Phi) is 4.94. The number of halogens is 3. The van der Waals surface area contributed by atoms with Crippen LogP contribution in [0.2, 0.25) is 5.02 Å². The maximum absolute atomic E-state index is 13.9. The van der Waals surface area contributed by atoms with E-state index < -0.39 is 17.5 Å². The molecule has 0 saturated heterocycles. The van der Waals surface area contributed by atoms with E-state index >= 15 is 0 Å². The fourth-order valence-electron chi connectivity index (χ4n) is 1.43. The molecule has 0 bridgehead atoms. The van der Waals surface area contributed by atoms with Gasteiger partial charge < -0.3 is 14.2 Å². The molecule has 4 nitrogen and oxygen atoms in total. The van der Waals surface area contributed by atoms with Crippen LogP contribution in [0.3, 0.4) is 0 Å². The number of methoxy groups -OCH3 is 2. The third-order valence-electron chi connectivity index (χ3n) is 2.34. The molecule has 1 rings (SSSR count). The lowest BCUT2D eigenvalue weighted by molar-refractivity contribution is -0.173. The largest absolute Gasteiger partial charge is 0.493 e. The molecule has 0 amide bonds. The molecule has 1 aromatic carbocycles. The Hall–Kier alpha value is -1.56. The predicted octanol–water partition coefficient (Wildman–Crippen LogP) is 3.01. The number of hydrogen-bond acceptors (Lipinski definition) is 4. The van der Waals surface area contributed by atoms with E-state index in [4.69, 9.17) is 21.1 Å². The topological polar surface area (TPSA) is 44.8 Å². The van der Waals surface area contributed by atoms with E-state index in [-0.39, 0.29) is 23.1 Å². The van der Waals surface area contributed by atoms with E-state index in [1.54, 1.807) is 0 Å². The summed E-state index contributed by atoms with van der Waals surface area (Å²) in [4.78, 5) is 11.3. The molecule has 7 heteroatoms. The first kappa shape index (κ1) is 15.5. The number of carbonyl (C=O) groups excluding carboxylic acids is 1. The van der Waals surface area contributed by atoms with Crippen molar-refractivity contribution in [1.82, 2.24) is 0 Å². The summed E-state index contributed by atoms with van der Waals surface area (Å²) < 4.78 is 41.9. The average Bonchev–Trinajstić information content (AvgIpc) is 2.38. The normalized spacial score (nSPS) is 11.1. The Morgan fingerprint density at radius 1 is 1.26 bits per heavy atom. The molecule has 0 atom stereocenters. The molecule has 0 aliphatic heterocycles. The molecule has 19 heavy (non-hydrogen) atoms. The van der Waals surface area contributed by atoms with E-state index in [9.17, 15) is 13.6 Å². The van der Waals surface area contributed by atoms with Crippen molar-refractivity contribution in [3.05, 3.63) is 22.7 Å². The van der Waals surface area contributed by atoms with Gasteiger partial charge in [-0.1, -0.05) is 11.6 Å². The molecule has 0 unspecified atom stereocenters. The minimum atomic E-state index is -3.85. The zero-order chi connectivity index (χ0) is 14.6. The third kappa shape index (κ3) is 3.07. The molecule has 0 aliphatic carbocycles. The van der Waals surface area contributed by atoms with Gasteiger partial charge in [-0.05, 0) is 13.0 Å². The Balaban J connectivity index is 3.30. The fourth-order valence-corrected chi connectivity index (χ4v) is 1.70. The smallest absolute Gasteiger partial charge is 0.382 e. The van der Waals surface area contributed by atoms with Gasteiger partial charge in [0.05, 0.1) is 31.4 Å². The summed E-state index contributed by atoms with van der Waals surface area (Å²) in [6.07, 6.45) is 0. The number of rotatable bonds is 5. The lowest BCUT2D eigenvalue weighted by Crippen LogP contribution is -2.28. The summed E-state index contributed by atoms with van der Waals surface area (Å²) >= 11 is 5.74. The number of carbonyl (C=O) groups is 1. The second-order valence-electron chi connectivity index (χ2n) is 3.48. The third-order valence-corrected chi connectivity index (χ3v) is 2.66. The first-order valence-electron chi connectivity index (χ1n) is 5.35. The molecular formula is C12H13ClF2O4. The maximum Gasteiger partial charge on any atom is 0.382 e. The molecule has 0 spiro atoms. The predicted molar refractivity (Wildman–Crippen MR) is 65.1 cm³/mol. The lowest BCUT2D eigenvalue weighted by Gasteiger charge is -2.18. The van der Waals surface area contributed by atoms with E-state index in [1.807, 2.05) is 0 Å². The van der Waals surface area contributed by atoms with Crippen LogP contribution in [-0.4, -0.2) is 26.8 Å². The maximum atomic E-state index is 13.9. The van der Waals surface area contributed by atoms with Crippen LogP contribution >= 0.6 is 11.6 Å². The minimum Gasteiger partial charge on any atom is -0.493 e. The van der Waals surface area contributed by atoms with E-state index in [0.29, 0.717) is 0 Å². The van der Waals surface area contributed by atoms with Gasteiger partial charge in [0.15, 0.2) is 11.5 Å². The Labute approximate surface area is 114 Å². The van der Waals surface area contributed by atoms with Gasteiger partial charge in [-0.25, -0.2) is 4.79 Å². The molecule has 0 saturated carbocycles. The van der Waals surface area contributed by atoms with Gasteiger partial charge in [0, 0.05) is 6.07 Å². The summed E-state index contributed by atoms with van der Waals surface area (Å²) in [5.74, 6) is -5.28. The monoisotopic (exact) mass is 294 g/mol. The van der Waals surface area contributed by atoms with Crippen molar-refractivity contribution in [2.45, 2.75) is 12.8 Å². The molecule has 0 aliphatic rings. The number of ether oxygens (including phenoxy) is 3. The van der Waals surface area contributed by atoms with E-state index in [1.165, 1.54) is 21.1 Å². The van der Waals surface area contributed by atoms with Crippen molar-refractivity contribution >= 4 is 17.6 Å². The van der Waals surface area contributed by atoms with Crippen LogP contribution in [0.15, 0.2) is 12.1 Å². The minimum absolute atomic E-state index is 0.0471. The number of hydrogen-bond donors (Lipinski definition) is 0. The van der Waals surface area contributed by atoms with Crippen LogP contribution in [0.4, 0.5) is 8.78 Å². The Bertz CT molecular complexity index is 477. The van der Waals surface area contributed by atoms with Gasteiger partial charge in [-0.15, -0.1) is 0 Å². The number of benzene rings is 1. The lowest BCUT2D eigenvalue weighted by atomic mass is 10.1. The second-order valence-corrected chi connectivity index (χ2v) is 3.89. The highest BCUT2D eigenvalue weighted by atomic mass is 35.5. The zero-order valence-corrected chi connectivity index (χ0v) is 11.4. The van der Waals surface area contributed by atoms with Crippen LogP contribution in [-0.2, 0) is 15.5 Å². The van der Waals surface area contributed by atoms with Gasteiger partial charge in [0.2, 0.25) is 0 Å². The van der Waals surface area contributed by atoms with Crippen molar-refractivity contribution < 1.29 is 27.8 Å². The van der Waals surface area contributed by atoms with Crippen molar-refractivity contribution in [1.29, 1.82) is 0 Å². The van der Waals surface area contributed by atoms with Crippen LogP contribution in [0, 0.1) is 0 Å². The average molecular weight is 295 g/mol. The molecule has 1 aromatic rings. The molecule has 0 aromatic heterocycles. The van der Waals surface area contributed by atoms with Gasteiger partial charge in [0.25, 0.3) is 0 Å². The first-order chi connectivity index (χ1) is 8.88. The number of esters is 1. The standard InChI is InChI=1S/C12H13ClF2O4/c1-4-19-11(16)12(14,15)7-5-9(17-2)10(18-3)6-8(7)13/h5-6H,4H2,1-3H3. The van der Waals surface area contributed by atoms with Gasteiger partial charge in [0.1, 0.15) is 0 Å². The molecular weight excluding hydrogens is 282 g/mol. The quantitative estimate of drug-likeness (QED) is 0.783. The van der Waals surface area contributed by atoms with Crippen LogP contribution in [0.5, 0.6) is 11.5 Å². The fraction of sp³-hybridized carbons (Fsp3) is 0.417. The summed E-state index contributed by atoms with van der Waals surface area (Å²) in [6, 6.07) is 2.11. The highest BCUT2D eigenvalue weighted by Crippen LogP contribution is 2.41. The van der Waals surface area contributed by atoms with Gasteiger partial charge >= 0.3 is 11.9 Å². The first-order valence-corrected chi connectivity index (χ1v) is 5.73. The highest BCUT2D eigenvalue weighted by Gasteiger charge is 2.45. The van der Waals surface area contributed by atoms with Crippen molar-refractivity contribution in [3.63, 3.8) is 0 Å². The van der Waals surface area contributed by atoms with E-state index in [0.717, 1.165) is 12.1 Å². The molecule has 0 radical (unpaired) electrons. The van der Waals surface area contributed by atoms with E-state index in [2.05, 4.69) is 4.74 Å². The molecule has 0 heterocycles. The van der Waals surface area contributed by atoms with Crippen LogP contribution in [0.1, 0.15) is 12.5 Å². The Morgan fingerprint density at radius 2 is 1.79 bits per heavy atom. The zero-order valence-electron chi connectivity index (χ0n) is 10.6. The summed E-state index contributed by atoms with van der Waals surface area (Å²) in [5.41, 5.74) is -0.690.